The molecule has 0 heterocycles. The third-order valence-electron chi connectivity index (χ3n) is 2.97. The Labute approximate surface area is 128 Å². The van der Waals surface area contributed by atoms with E-state index in [-0.39, 0.29) is 6.03 Å². The number of hydrogen-bond acceptors (Lipinski definition) is 3. The molecule has 0 saturated carbocycles. The third-order valence-corrected chi connectivity index (χ3v) is 3.27. The number of hydrogen-bond donors (Lipinski definition) is 2. The van der Waals surface area contributed by atoms with Crippen LogP contribution in [-0.4, -0.2) is 20.3 Å². The molecule has 0 aromatic heterocycles. The number of urea groups is 1. The maximum Gasteiger partial charge on any atom is 0.323 e. The quantitative estimate of drug-likeness (QED) is 0.891. The Morgan fingerprint density at radius 1 is 1.14 bits per heavy atom. The number of nitrogens with one attached hydrogen (secondary N) is 2. The molecule has 2 N–H and O–H groups in total. The van der Waals surface area contributed by atoms with Crippen molar-refractivity contribution in [2.45, 2.75) is 12.8 Å². The summed E-state index contributed by atoms with van der Waals surface area (Å²) in [6.07, 6.45) is 7.78. The van der Waals surface area contributed by atoms with E-state index >= 15 is 0 Å². The standard InChI is InChI=1S/C15H17ClN2O3/c1-20-13-9-14(21-2)12(8-11(13)16)18-15(19)17-10-6-4-3-5-7-10/h4,6-9H,3,5H2,1-2H3,(H2,17,18,19). The van der Waals surface area contributed by atoms with Gasteiger partial charge in [-0.3, -0.25) is 0 Å². The van der Waals surface area contributed by atoms with Crippen molar-refractivity contribution < 1.29 is 14.3 Å². The Kier molecular flexibility index (Phi) is 5.11. The Morgan fingerprint density at radius 2 is 1.90 bits per heavy atom. The highest BCUT2D eigenvalue weighted by Crippen LogP contribution is 2.35. The first-order chi connectivity index (χ1) is 10.1. The summed E-state index contributed by atoms with van der Waals surface area (Å²) in [5.41, 5.74) is 1.25. The lowest BCUT2D eigenvalue weighted by Gasteiger charge is -2.14. The Bertz CT molecular complexity index is 597. The molecular weight excluding hydrogens is 292 g/mol. The highest BCUT2D eigenvalue weighted by Gasteiger charge is 2.13. The van der Waals surface area contributed by atoms with E-state index in [1.54, 1.807) is 12.1 Å². The molecule has 0 bridgehead atoms. The zero-order valence-electron chi connectivity index (χ0n) is 11.9. The van der Waals surface area contributed by atoms with Crippen molar-refractivity contribution in [3.05, 3.63) is 41.1 Å². The number of methoxy groups -OCH3 is 2. The van der Waals surface area contributed by atoms with E-state index in [4.69, 9.17) is 21.1 Å². The molecule has 0 saturated heterocycles. The zero-order valence-corrected chi connectivity index (χ0v) is 12.7. The van der Waals surface area contributed by atoms with E-state index in [1.807, 2.05) is 18.2 Å². The molecule has 1 aliphatic carbocycles. The highest BCUT2D eigenvalue weighted by atomic mass is 35.5. The Hall–Kier alpha value is -2.14. The molecule has 0 unspecified atom stereocenters. The van der Waals surface area contributed by atoms with Crippen LogP contribution in [0.1, 0.15) is 12.8 Å². The van der Waals surface area contributed by atoms with E-state index in [0.29, 0.717) is 22.2 Å². The summed E-state index contributed by atoms with van der Waals surface area (Å²) in [5.74, 6) is 0.956. The Morgan fingerprint density at radius 3 is 2.52 bits per heavy atom. The van der Waals surface area contributed by atoms with E-state index < -0.39 is 0 Å². The first-order valence-corrected chi connectivity index (χ1v) is 6.88. The molecule has 1 aromatic rings. The van der Waals surface area contributed by atoms with E-state index in [0.717, 1.165) is 18.5 Å². The van der Waals surface area contributed by atoms with Crippen LogP contribution in [0.2, 0.25) is 5.02 Å². The second kappa shape index (κ2) is 7.04. The van der Waals surface area contributed by atoms with Crippen LogP contribution in [0.4, 0.5) is 10.5 Å². The van der Waals surface area contributed by atoms with Crippen LogP contribution in [-0.2, 0) is 0 Å². The number of halogens is 1. The first-order valence-electron chi connectivity index (χ1n) is 6.50. The molecule has 6 heteroatoms. The smallest absolute Gasteiger partial charge is 0.323 e. The minimum atomic E-state index is -0.354. The molecule has 1 aromatic carbocycles. The fourth-order valence-electron chi connectivity index (χ4n) is 1.95. The summed E-state index contributed by atoms with van der Waals surface area (Å²) >= 11 is 6.06. The second-order valence-electron chi connectivity index (χ2n) is 4.41. The molecule has 0 aliphatic heterocycles. The monoisotopic (exact) mass is 308 g/mol. The molecule has 0 radical (unpaired) electrons. The van der Waals surface area contributed by atoms with Crippen LogP contribution in [0.3, 0.4) is 0 Å². The molecule has 5 nitrogen and oxygen atoms in total. The van der Waals surface area contributed by atoms with Crippen LogP contribution in [0, 0.1) is 0 Å². The number of rotatable bonds is 4. The van der Waals surface area contributed by atoms with Crippen molar-refractivity contribution >= 4 is 23.3 Å². The lowest BCUT2D eigenvalue weighted by molar-refractivity contribution is 0.254. The first kappa shape index (κ1) is 15.3. The van der Waals surface area contributed by atoms with Crippen molar-refractivity contribution in [3.8, 4) is 11.5 Å². The summed E-state index contributed by atoms with van der Waals surface area (Å²) in [7, 11) is 3.03. The lowest BCUT2D eigenvalue weighted by Crippen LogP contribution is -2.28. The molecule has 2 amide bonds. The highest BCUT2D eigenvalue weighted by molar-refractivity contribution is 6.32. The van der Waals surface area contributed by atoms with Crippen molar-refractivity contribution in [1.29, 1.82) is 0 Å². The topological polar surface area (TPSA) is 59.6 Å². The molecule has 0 fully saturated rings. The molecule has 112 valence electrons. The summed E-state index contributed by atoms with van der Waals surface area (Å²) in [6, 6.07) is 2.86. The number of anilines is 1. The summed E-state index contributed by atoms with van der Waals surface area (Å²) in [6.45, 7) is 0. The van der Waals surface area contributed by atoms with Crippen molar-refractivity contribution in [2.75, 3.05) is 19.5 Å². The van der Waals surface area contributed by atoms with Gasteiger partial charge >= 0.3 is 6.03 Å². The van der Waals surface area contributed by atoms with Gasteiger partial charge in [0, 0.05) is 11.8 Å². The SMILES string of the molecule is COc1cc(OC)c(NC(=O)NC2=CCCC=C2)cc1Cl. The molecule has 2 rings (SSSR count). The van der Waals surface area contributed by atoms with Crippen molar-refractivity contribution in [2.24, 2.45) is 0 Å². The fraction of sp³-hybridized carbons (Fsp3) is 0.267. The van der Waals surface area contributed by atoms with Gasteiger partial charge in [-0.2, -0.15) is 0 Å². The number of ether oxygens (including phenoxy) is 2. The van der Waals surface area contributed by atoms with Gasteiger partial charge in [-0.25, -0.2) is 4.79 Å². The van der Waals surface area contributed by atoms with Crippen LogP contribution in [0.25, 0.3) is 0 Å². The van der Waals surface area contributed by atoms with Crippen LogP contribution in [0.5, 0.6) is 11.5 Å². The molecule has 0 spiro atoms. The summed E-state index contributed by atoms with van der Waals surface area (Å²) in [5, 5.41) is 5.87. The van der Waals surface area contributed by atoms with Gasteiger partial charge < -0.3 is 20.1 Å². The van der Waals surface area contributed by atoms with Gasteiger partial charge in [-0.05, 0) is 25.0 Å². The average molecular weight is 309 g/mol. The Balaban J connectivity index is 2.11. The normalized spacial score (nSPS) is 13.4. The van der Waals surface area contributed by atoms with Gasteiger partial charge in [0.15, 0.2) is 0 Å². The van der Waals surface area contributed by atoms with E-state index in [2.05, 4.69) is 10.6 Å². The molecule has 21 heavy (non-hydrogen) atoms. The number of carbonyl (C=O) groups excluding carboxylic acids is 1. The van der Waals surface area contributed by atoms with Gasteiger partial charge in [0.25, 0.3) is 0 Å². The van der Waals surface area contributed by atoms with Gasteiger partial charge in [0.05, 0.1) is 24.9 Å². The average Bonchev–Trinajstić information content (AvgIpc) is 2.48. The van der Waals surface area contributed by atoms with Crippen molar-refractivity contribution in [3.63, 3.8) is 0 Å². The van der Waals surface area contributed by atoms with E-state index in [9.17, 15) is 4.79 Å². The maximum atomic E-state index is 12.0. The fourth-order valence-corrected chi connectivity index (χ4v) is 2.19. The summed E-state index contributed by atoms with van der Waals surface area (Å²) in [4.78, 5) is 12.0. The molecule has 0 atom stereocenters. The van der Waals surface area contributed by atoms with Gasteiger partial charge in [0.1, 0.15) is 11.5 Å². The molecular formula is C15H17ClN2O3. The molecule has 1 aliphatic rings. The minimum Gasteiger partial charge on any atom is -0.495 e. The van der Waals surface area contributed by atoms with Crippen LogP contribution >= 0.6 is 11.6 Å². The second-order valence-corrected chi connectivity index (χ2v) is 4.81. The minimum absolute atomic E-state index is 0.354. The summed E-state index contributed by atoms with van der Waals surface area (Å²) < 4.78 is 10.3. The number of benzene rings is 1. The largest absolute Gasteiger partial charge is 0.495 e. The van der Waals surface area contributed by atoms with Crippen LogP contribution in [0.15, 0.2) is 36.1 Å². The van der Waals surface area contributed by atoms with E-state index in [1.165, 1.54) is 14.2 Å². The lowest BCUT2D eigenvalue weighted by atomic mass is 10.1. The number of allylic oxidation sites excluding steroid dienone is 3. The predicted octanol–water partition coefficient (Wildman–Crippen LogP) is 3.71. The van der Waals surface area contributed by atoms with Gasteiger partial charge in [-0.1, -0.05) is 23.8 Å². The van der Waals surface area contributed by atoms with Crippen molar-refractivity contribution in [1.82, 2.24) is 5.32 Å². The maximum absolute atomic E-state index is 12.0. The van der Waals surface area contributed by atoms with Gasteiger partial charge in [-0.15, -0.1) is 0 Å². The van der Waals surface area contributed by atoms with Crippen LogP contribution < -0.4 is 20.1 Å². The number of carbonyl (C=O) groups is 1. The van der Waals surface area contributed by atoms with Gasteiger partial charge in [0.2, 0.25) is 0 Å². The predicted molar refractivity (Wildman–Crippen MR) is 83.2 cm³/mol. The zero-order chi connectivity index (χ0) is 15.2. The third kappa shape index (κ3) is 3.92. The number of amides is 2.